The van der Waals surface area contributed by atoms with Gasteiger partial charge in [-0.25, -0.2) is 0 Å². The molecule has 0 aliphatic heterocycles. The van der Waals surface area contributed by atoms with E-state index in [1.165, 1.54) is 11.3 Å². The van der Waals surface area contributed by atoms with Crippen molar-refractivity contribution in [2.75, 3.05) is 13.7 Å². The maximum absolute atomic E-state index is 12.8. The predicted molar refractivity (Wildman–Crippen MR) is 134 cm³/mol. The van der Waals surface area contributed by atoms with Gasteiger partial charge in [0.25, 0.3) is 14.2 Å². The van der Waals surface area contributed by atoms with E-state index in [1.807, 2.05) is 39.8 Å². The number of carbonyl (C=O) groups excluding carboxylic acids is 2. The van der Waals surface area contributed by atoms with E-state index >= 15 is 0 Å². The Morgan fingerprint density at radius 3 is 2.22 bits per heavy atom. The molecule has 1 heterocycles. The Hall–Kier alpha value is -2.06. The van der Waals surface area contributed by atoms with Gasteiger partial charge in [0.2, 0.25) is 0 Å². The molecule has 0 radical (unpaired) electrons. The van der Waals surface area contributed by atoms with Crippen LogP contribution >= 0.6 is 11.3 Å². The smallest absolute Gasteiger partial charge is 0.308 e. The Balaban J connectivity index is 2.24. The highest BCUT2D eigenvalue weighted by Gasteiger charge is 2.39. The topological polar surface area (TPSA) is 73.9 Å². The summed E-state index contributed by atoms with van der Waals surface area (Å²) < 4.78 is 18.4. The van der Waals surface area contributed by atoms with Crippen molar-refractivity contribution in [1.29, 1.82) is 0 Å². The standard InChI is InChI=1S/C24H37NO5SSi/c1-15-16-13-18(30-32(9,10)24(5,6)7)17(28-8)14-19(16)31-21(15)22(27)25-12-11-20(26)29-23(2,3)4/h13-14H,11-12H2,1-10H3,(H,25,27). The number of esters is 1. The van der Waals surface area contributed by atoms with Gasteiger partial charge in [-0.05, 0) is 57.5 Å². The largest absolute Gasteiger partial charge is 0.541 e. The molecule has 1 amide bonds. The van der Waals surface area contributed by atoms with Crippen molar-refractivity contribution in [3.63, 3.8) is 0 Å². The number of hydrogen-bond donors (Lipinski definition) is 1. The second-order valence-electron chi connectivity index (χ2n) is 10.5. The maximum Gasteiger partial charge on any atom is 0.308 e. The molecule has 1 aromatic heterocycles. The molecule has 8 heteroatoms. The fourth-order valence-electron chi connectivity index (χ4n) is 2.86. The lowest BCUT2D eigenvalue weighted by atomic mass is 10.1. The molecule has 0 saturated carbocycles. The number of benzene rings is 1. The molecule has 2 aromatic rings. The third kappa shape index (κ3) is 6.25. The van der Waals surface area contributed by atoms with Gasteiger partial charge in [-0.3, -0.25) is 9.59 Å². The second-order valence-corrected chi connectivity index (χ2v) is 16.3. The van der Waals surface area contributed by atoms with Crippen molar-refractivity contribution >= 4 is 41.6 Å². The van der Waals surface area contributed by atoms with Crippen molar-refractivity contribution in [2.24, 2.45) is 0 Å². The average Bonchev–Trinajstić information content (AvgIpc) is 2.94. The number of thiophene rings is 1. The molecule has 0 spiro atoms. The number of methoxy groups -OCH3 is 1. The first-order valence-corrected chi connectivity index (χ1v) is 14.6. The van der Waals surface area contributed by atoms with Gasteiger partial charge in [0.15, 0.2) is 5.75 Å². The minimum Gasteiger partial charge on any atom is -0.541 e. The lowest BCUT2D eigenvalue weighted by molar-refractivity contribution is -0.154. The number of fused-ring (bicyclic) bond motifs is 1. The van der Waals surface area contributed by atoms with Crippen LogP contribution in [0.4, 0.5) is 0 Å². The molecule has 0 aliphatic carbocycles. The fourth-order valence-corrected chi connectivity index (χ4v) is 5.01. The van der Waals surface area contributed by atoms with Crippen LogP contribution in [0.5, 0.6) is 11.5 Å². The molecule has 0 atom stereocenters. The van der Waals surface area contributed by atoms with Crippen LogP contribution in [-0.4, -0.2) is 39.4 Å². The van der Waals surface area contributed by atoms with Gasteiger partial charge in [-0.1, -0.05) is 20.8 Å². The monoisotopic (exact) mass is 479 g/mol. The van der Waals surface area contributed by atoms with E-state index in [1.54, 1.807) is 7.11 Å². The molecule has 0 saturated heterocycles. The summed E-state index contributed by atoms with van der Waals surface area (Å²) in [4.78, 5) is 25.3. The molecule has 6 nitrogen and oxygen atoms in total. The molecule has 178 valence electrons. The molecular formula is C24H37NO5SSi. The van der Waals surface area contributed by atoms with Crippen LogP contribution in [0.1, 0.15) is 63.2 Å². The van der Waals surface area contributed by atoms with Gasteiger partial charge >= 0.3 is 5.97 Å². The van der Waals surface area contributed by atoms with Gasteiger partial charge in [0.05, 0.1) is 18.4 Å². The predicted octanol–water partition coefficient (Wildman–Crippen LogP) is 6.06. The van der Waals surface area contributed by atoms with E-state index in [-0.39, 0.29) is 29.9 Å². The Bertz CT molecular complexity index is 998. The highest BCUT2D eigenvalue weighted by molar-refractivity contribution is 7.21. The number of amides is 1. The molecule has 0 aliphatic rings. The second kappa shape index (κ2) is 9.43. The van der Waals surface area contributed by atoms with E-state index in [0.29, 0.717) is 16.4 Å². The summed E-state index contributed by atoms with van der Waals surface area (Å²) in [5, 5.41) is 3.86. The van der Waals surface area contributed by atoms with Crippen LogP contribution in [0.2, 0.25) is 18.1 Å². The molecule has 0 fully saturated rings. The first-order valence-electron chi connectivity index (χ1n) is 10.9. The average molecular weight is 480 g/mol. The van der Waals surface area contributed by atoms with Crippen molar-refractivity contribution < 1.29 is 23.5 Å². The van der Waals surface area contributed by atoms with E-state index < -0.39 is 13.9 Å². The van der Waals surface area contributed by atoms with E-state index in [0.717, 1.165) is 15.6 Å². The molecular weight excluding hydrogens is 442 g/mol. The maximum atomic E-state index is 12.8. The summed E-state index contributed by atoms with van der Waals surface area (Å²) in [6.45, 7) is 18.6. The van der Waals surface area contributed by atoms with E-state index in [9.17, 15) is 9.59 Å². The normalized spacial score (nSPS) is 12.6. The van der Waals surface area contributed by atoms with Crippen LogP contribution < -0.4 is 14.5 Å². The highest BCUT2D eigenvalue weighted by Crippen LogP contribution is 2.43. The quantitative estimate of drug-likeness (QED) is 0.386. The molecule has 0 bridgehead atoms. The number of aryl methyl sites for hydroxylation is 1. The zero-order chi connectivity index (χ0) is 24.5. The van der Waals surface area contributed by atoms with Crippen molar-refractivity contribution in [1.82, 2.24) is 5.32 Å². The summed E-state index contributed by atoms with van der Waals surface area (Å²) in [5.74, 6) is 0.853. The number of nitrogens with one attached hydrogen (secondary N) is 1. The van der Waals surface area contributed by atoms with Crippen LogP contribution in [-0.2, 0) is 9.53 Å². The minimum absolute atomic E-state index is 0.0514. The Morgan fingerprint density at radius 2 is 1.69 bits per heavy atom. The summed E-state index contributed by atoms with van der Waals surface area (Å²) in [5.41, 5.74) is 0.356. The Morgan fingerprint density at radius 1 is 1.06 bits per heavy atom. The first-order chi connectivity index (χ1) is 14.6. The molecule has 1 aromatic carbocycles. The number of ether oxygens (including phenoxy) is 2. The molecule has 1 N–H and O–H groups in total. The van der Waals surface area contributed by atoms with Gasteiger partial charge in [-0.2, -0.15) is 0 Å². The number of carbonyl (C=O) groups is 2. The number of hydrogen-bond acceptors (Lipinski definition) is 6. The summed E-state index contributed by atoms with van der Waals surface area (Å²) in [7, 11) is -0.429. The van der Waals surface area contributed by atoms with E-state index in [4.69, 9.17) is 13.9 Å². The minimum atomic E-state index is -2.06. The van der Waals surface area contributed by atoms with Gasteiger partial charge < -0.3 is 19.2 Å². The van der Waals surface area contributed by atoms with Gasteiger partial charge in [-0.15, -0.1) is 11.3 Å². The molecule has 0 unspecified atom stereocenters. The lowest BCUT2D eigenvalue weighted by Gasteiger charge is -2.36. The summed E-state index contributed by atoms with van der Waals surface area (Å²) >= 11 is 1.41. The van der Waals surface area contributed by atoms with Crippen LogP contribution in [0.25, 0.3) is 10.1 Å². The Labute approximate surface area is 196 Å². The third-order valence-electron chi connectivity index (χ3n) is 5.63. The number of rotatable bonds is 7. The van der Waals surface area contributed by atoms with Crippen LogP contribution in [0.3, 0.4) is 0 Å². The van der Waals surface area contributed by atoms with Gasteiger partial charge in [0, 0.05) is 22.7 Å². The van der Waals surface area contributed by atoms with Crippen LogP contribution in [0, 0.1) is 6.92 Å². The SMILES string of the molecule is COc1cc2sc(C(=O)NCCC(=O)OC(C)(C)C)c(C)c2cc1O[Si](C)(C)C(C)(C)C. The van der Waals surface area contributed by atoms with E-state index in [2.05, 4.69) is 39.2 Å². The van der Waals surface area contributed by atoms with Crippen LogP contribution in [0.15, 0.2) is 12.1 Å². The molecule has 2 rings (SSSR count). The molecule has 32 heavy (non-hydrogen) atoms. The third-order valence-corrected chi connectivity index (χ3v) is 11.2. The highest BCUT2D eigenvalue weighted by atomic mass is 32.1. The van der Waals surface area contributed by atoms with Gasteiger partial charge in [0.1, 0.15) is 11.4 Å². The lowest BCUT2D eigenvalue weighted by Crippen LogP contribution is -2.43. The fraction of sp³-hybridized carbons (Fsp3) is 0.583. The zero-order valence-corrected chi connectivity index (χ0v) is 22.8. The summed E-state index contributed by atoms with van der Waals surface area (Å²) in [6.07, 6.45) is 0.130. The zero-order valence-electron chi connectivity index (χ0n) is 21.0. The first kappa shape index (κ1) is 26.2. The van der Waals surface area contributed by atoms with Crippen molar-refractivity contribution in [3.05, 3.63) is 22.6 Å². The Kier molecular flexibility index (Phi) is 7.72. The van der Waals surface area contributed by atoms with Crippen molar-refractivity contribution in [3.8, 4) is 11.5 Å². The van der Waals surface area contributed by atoms with Crippen molar-refractivity contribution in [2.45, 2.75) is 78.6 Å². The summed E-state index contributed by atoms with van der Waals surface area (Å²) in [6, 6.07) is 3.92.